The molecule has 2 atom stereocenters. The first-order valence-electron chi connectivity index (χ1n) is 7.96. The summed E-state index contributed by atoms with van der Waals surface area (Å²) in [7, 11) is 0. The molecule has 2 aromatic rings. The summed E-state index contributed by atoms with van der Waals surface area (Å²) in [4.78, 5) is 11.7. The van der Waals surface area contributed by atoms with Crippen molar-refractivity contribution in [1.82, 2.24) is 0 Å². The fourth-order valence-electron chi connectivity index (χ4n) is 3.87. The van der Waals surface area contributed by atoms with Gasteiger partial charge in [0.05, 0.1) is 5.92 Å². The van der Waals surface area contributed by atoms with Crippen molar-refractivity contribution >= 4 is 29.2 Å². The molecule has 0 aromatic heterocycles. The van der Waals surface area contributed by atoms with Crippen LogP contribution in [0.15, 0.2) is 30.3 Å². The van der Waals surface area contributed by atoms with Crippen LogP contribution in [0.1, 0.15) is 48.3 Å². The second kappa shape index (κ2) is 6.32. The minimum absolute atomic E-state index is 0.0948. The zero-order chi connectivity index (χ0) is 16.4. The van der Waals surface area contributed by atoms with Crippen LogP contribution in [0.5, 0.6) is 0 Å². The van der Waals surface area contributed by atoms with Crippen molar-refractivity contribution in [2.45, 2.75) is 31.6 Å². The third-order valence-corrected chi connectivity index (χ3v) is 4.92. The zero-order valence-electron chi connectivity index (χ0n) is 12.9. The van der Waals surface area contributed by atoms with E-state index in [0.29, 0.717) is 17.5 Å². The van der Waals surface area contributed by atoms with E-state index in [1.807, 2.05) is 30.3 Å². The molecule has 2 unspecified atom stereocenters. The molecule has 23 heavy (non-hydrogen) atoms. The number of rotatable bonds is 4. The van der Waals surface area contributed by atoms with Crippen molar-refractivity contribution in [3.63, 3.8) is 0 Å². The molecule has 0 radical (unpaired) electrons. The highest BCUT2D eigenvalue weighted by molar-refractivity contribution is 6.03. The molecule has 118 valence electrons. The largest absolute Gasteiger partial charge is 0.481 e. The van der Waals surface area contributed by atoms with Crippen LogP contribution in [0.3, 0.4) is 0 Å². The van der Waals surface area contributed by atoms with Gasteiger partial charge in [-0.25, -0.2) is 0 Å². The molecule has 4 heteroatoms. The highest BCUT2D eigenvalue weighted by Gasteiger charge is 2.34. The van der Waals surface area contributed by atoms with Crippen LogP contribution in [0.25, 0.3) is 10.8 Å². The van der Waals surface area contributed by atoms with Crippen molar-refractivity contribution in [2.75, 3.05) is 0 Å². The van der Waals surface area contributed by atoms with E-state index in [-0.39, 0.29) is 5.92 Å². The number of fused-ring (bicyclic) bond motifs is 1. The van der Waals surface area contributed by atoms with Crippen LogP contribution in [0.4, 0.5) is 0 Å². The van der Waals surface area contributed by atoms with Gasteiger partial charge < -0.3 is 15.9 Å². The predicted octanol–water partition coefficient (Wildman–Crippen LogP) is 4.19. The summed E-state index contributed by atoms with van der Waals surface area (Å²) in [6.45, 7) is 0. The molecule has 2 aromatic carbocycles. The number of hydrogen-bond donors (Lipinski definition) is 3. The standard InChI is InChI=1S/C19H20N2O2/c20-10-13-9-12-5-1-2-6-14(12)18(17(13)11-21)15-7-3-4-8-16(15)19(22)23/h1-2,5-6,9-11,15-16,20-21H,3-4,7-8H2,(H,22,23). The van der Waals surface area contributed by atoms with Gasteiger partial charge in [-0.05, 0) is 41.2 Å². The molecule has 3 N–H and O–H groups in total. The van der Waals surface area contributed by atoms with E-state index in [0.717, 1.165) is 35.6 Å². The van der Waals surface area contributed by atoms with E-state index in [1.54, 1.807) is 0 Å². The van der Waals surface area contributed by atoms with Crippen molar-refractivity contribution in [3.8, 4) is 0 Å². The Labute approximate surface area is 135 Å². The first-order valence-corrected chi connectivity index (χ1v) is 7.96. The number of carboxylic acid groups (broad SMARTS) is 1. The van der Waals surface area contributed by atoms with E-state index < -0.39 is 11.9 Å². The Balaban J connectivity index is 2.31. The number of carbonyl (C=O) groups is 1. The van der Waals surface area contributed by atoms with Crippen molar-refractivity contribution in [1.29, 1.82) is 10.8 Å². The minimum atomic E-state index is -0.755. The van der Waals surface area contributed by atoms with Gasteiger partial charge >= 0.3 is 5.97 Å². The van der Waals surface area contributed by atoms with E-state index in [1.165, 1.54) is 12.4 Å². The first-order chi connectivity index (χ1) is 11.2. The number of hydrogen-bond acceptors (Lipinski definition) is 3. The molecular weight excluding hydrogens is 288 g/mol. The second-order valence-electron chi connectivity index (χ2n) is 6.14. The number of benzene rings is 2. The molecule has 1 aliphatic rings. The van der Waals surface area contributed by atoms with Crippen molar-refractivity contribution < 1.29 is 9.90 Å². The molecule has 1 fully saturated rings. The van der Waals surface area contributed by atoms with E-state index in [2.05, 4.69) is 0 Å². The van der Waals surface area contributed by atoms with E-state index >= 15 is 0 Å². The number of aliphatic carboxylic acids is 1. The predicted molar refractivity (Wildman–Crippen MR) is 92.1 cm³/mol. The Morgan fingerprint density at radius 1 is 1.13 bits per heavy atom. The van der Waals surface area contributed by atoms with Crippen LogP contribution in [0, 0.1) is 16.7 Å². The maximum absolute atomic E-state index is 11.7. The Kier molecular flexibility index (Phi) is 4.24. The topological polar surface area (TPSA) is 85.0 Å². The molecule has 0 heterocycles. The molecular formula is C19H20N2O2. The second-order valence-corrected chi connectivity index (χ2v) is 6.14. The summed E-state index contributed by atoms with van der Waals surface area (Å²) in [5, 5.41) is 27.1. The molecule has 0 bridgehead atoms. The van der Waals surface area contributed by atoms with Gasteiger partial charge in [-0.3, -0.25) is 4.79 Å². The Bertz CT molecular complexity index is 782. The van der Waals surface area contributed by atoms with Gasteiger partial charge in [0.15, 0.2) is 0 Å². The van der Waals surface area contributed by atoms with Gasteiger partial charge in [-0.15, -0.1) is 0 Å². The number of carboxylic acids is 1. The highest BCUT2D eigenvalue weighted by Crippen LogP contribution is 2.42. The molecule has 0 saturated heterocycles. The first kappa shape index (κ1) is 15.4. The average Bonchev–Trinajstić information content (AvgIpc) is 2.59. The molecule has 3 rings (SSSR count). The van der Waals surface area contributed by atoms with Gasteiger partial charge in [0, 0.05) is 23.6 Å². The average molecular weight is 308 g/mol. The fraction of sp³-hybridized carbons (Fsp3) is 0.316. The molecule has 0 aliphatic heterocycles. The maximum atomic E-state index is 11.7. The minimum Gasteiger partial charge on any atom is -0.481 e. The van der Waals surface area contributed by atoms with Crippen LogP contribution in [-0.4, -0.2) is 23.5 Å². The third kappa shape index (κ3) is 2.65. The lowest BCUT2D eigenvalue weighted by molar-refractivity contribution is -0.143. The molecule has 0 amide bonds. The van der Waals surface area contributed by atoms with Crippen molar-refractivity contribution in [2.24, 2.45) is 5.92 Å². The third-order valence-electron chi connectivity index (χ3n) is 4.92. The Morgan fingerprint density at radius 3 is 2.57 bits per heavy atom. The van der Waals surface area contributed by atoms with Gasteiger partial charge in [0.1, 0.15) is 0 Å². The summed E-state index contributed by atoms with van der Waals surface area (Å²) in [6.07, 6.45) is 5.99. The SMILES string of the molecule is N=Cc1cc2ccccc2c(C2CCCCC2C(=O)O)c1C=N. The van der Waals surface area contributed by atoms with Gasteiger partial charge in [0.25, 0.3) is 0 Å². The lowest BCUT2D eigenvalue weighted by Gasteiger charge is -2.31. The van der Waals surface area contributed by atoms with Crippen LogP contribution in [0.2, 0.25) is 0 Å². The summed E-state index contributed by atoms with van der Waals surface area (Å²) in [6, 6.07) is 9.78. The summed E-state index contributed by atoms with van der Waals surface area (Å²) >= 11 is 0. The van der Waals surface area contributed by atoms with Gasteiger partial charge in [-0.1, -0.05) is 37.1 Å². The molecule has 4 nitrogen and oxygen atoms in total. The van der Waals surface area contributed by atoms with Gasteiger partial charge in [-0.2, -0.15) is 0 Å². The van der Waals surface area contributed by atoms with Crippen LogP contribution in [-0.2, 0) is 4.79 Å². The highest BCUT2D eigenvalue weighted by atomic mass is 16.4. The lowest BCUT2D eigenvalue weighted by atomic mass is 9.72. The smallest absolute Gasteiger partial charge is 0.307 e. The van der Waals surface area contributed by atoms with Gasteiger partial charge in [0.2, 0.25) is 0 Å². The number of nitrogens with one attached hydrogen (secondary N) is 2. The maximum Gasteiger partial charge on any atom is 0.307 e. The van der Waals surface area contributed by atoms with Crippen LogP contribution < -0.4 is 0 Å². The van der Waals surface area contributed by atoms with Crippen molar-refractivity contribution in [3.05, 3.63) is 47.0 Å². The normalized spacial score (nSPS) is 21.0. The summed E-state index contributed by atoms with van der Waals surface area (Å²) < 4.78 is 0. The zero-order valence-corrected chi connectivity index (χ0v) is 12.9. The Morgan fingerprint density at radius 2 is 1.87 bits per heavy atom. The fourth-order valence-corrected chi connectivity index (χ4v) is 3.87. The summed E-state index contributed by atoms with van der Waals surface area (Å²) in [5.74, 6) is -1.26. The van der Waals surface area contributed by atoms with E-state index in [4.69, 9.17) is 10.8 Å². The molecule has 1 saturated carbocycles. The summed E-state index contributed by atoms with van der Waals surface area (Å²) in [5.41, 5.74) is 2.31. The Hall–Kier alpha value is -2.49. The van der Waals surface area contributed by atoms with E-state index in [9.17, 15) is 9.90 Å². The lowest BCUT2D eigenvalue weighted by Crippen LogP contribution is -2.26. The molecule has 0 spiro atoms. The quantitative estimate of drug-likeness (QED) is 0.740. The molecule has 1 aliphatic carbocycles. The monoisotopic (exact) mass is 308 g/mol. The van der Waals surface area contributed by atoms with Crippen LogP contribution >= 0.6 is 0 Å².